The molecule has 0 amide bonds. The van der Waals surface area contributed by atoms with E-state index >= 15 is 0 Å². The molecule has 1 aliphatic rings. The van der Waals surface area contributed by atoms with Gasteiger partial charge in [-0.3, -0.25) is 4.79 Å². The lowest BCUT2D eigenvalue weighted by Crippen LogP contribution is -2.21. The van der Waals surface area contributed by atoms with Crippen molar-refractivity contribution in [3.8, 4) is 0 Å². The fraction of sp³-hybridized carbons (Fsp3) is 0.278. The highest BCUT2D eigenvalue weighted by atomic mass is 16.5. The van der Waals surface area contributed by atoms with Crippen molar-refractivity contribution < 1.29 is 9.53 Å². The van der Waals surface area contributed by atoms with E-state index in [2.05, 4.69) is 29.6 Å². The van der Waals surface area contributed by atoms with Crippen LogP contribution in [0, 0.1) is 0 Å². The number of nitrogens with one attached hydrogen (secondary N) is 1. The van der Waals surface area contributed by atoms with Crippen LogP contribution in [-0.4, -0.2) is 19.1 Å². The third-order valence-electron chi connectivity index (χ3n) is 3.99. The van der Waals surface area contributed by atoms with Gasteiger partial charge in [-0.25, -0.2) is 0 Å². The predicted octanol–water partition coefficient (Wildman–Crippen LogP) is 2.98. The molecule has 0 fully saturated rings. The van der Waals surface area contributed by atoms with E-state index in [1.807, 2.05) is 24.3 Å². The molecule has 3 heteroatoms. The summed E-state index contributed by atoms with van der Waals surface area (Å²) in [4.78, 5) is 11.5. The molecular weight excluding hydrogens is 262 g/mol. The number of anilines is 1. The number of benzene rings is 2. The summed E-state index contributed by atoms with van der Waals surface area (Å²) in [6.45, 7) is 0. The Kier molecular flexibility index (Phi) is 3.91. The van der Waals surface area contributed by atoms with Gasteiger partial charge in [-0.1, -0.05) is 42.5 Å². The molecule has 1 aliphatic carbocycles. The maximum absolute atomic E-state index is 11.5. The molecule has 0 bridgehead atoms. The summed E-state index contributed by atoms with van der Waals surface area (Å²) in [7, 11) is 1.42. The Hall–Kier alpha value is -2.29. The number of hydrogen-bond acceptors (Lipinski definition) is 3. The van der Waals surface area contributed by atoms with Gasteiger partial charge in [0.2, 0.25) is 0 Å². The molecule has 21 heavy (non-hydrogen) atoms. The van der Waals surface area contributed by atoms with E-state index in [1.165, 1.54) is 18.2 Å². The minimum absolute atomic E-state index is 0.209. The summed E-state index contributed by atoms with van der Waals surface area (Å²) in [5, 5.41) is 3.58. The summed E-state index contributed by atoms with van der Waals surface area (Å²) in [6.07, 6.45) is 2.37. The number of fused-ring (bicyclic) bond motifs is 1. The molecule has 0 aromatic heterocycles. The molecule has 0 saturated carbocycles. The Bertz CT molecular complexity index is 626. The van der Waals surface area contributed by atoms with Crippen molar-refractivity contribution in [2.75, 3.05) is 12.4 Å². The summed E-state index contributed by atoms with van der Waals surface area (Å²) < 4.78 is 4.76. The van der Waals surface area contributed by atoms with Crippen LogP contribution in [0.1, 0.15) is 16.7 Å². The maximum Gasteiger partial charge on any atom is 0.310 e. The maximum atomic E-state index is 11.5. The Morgan fingerprint density at radius 3 is 2.38 bits per heavy atom. The molecule has 0 radical (unpaired) electrons. The molecule has 3 rings (SSSR count). The van der Waals surface area contributed by atoms with Gasteiger partial charge in [0.25, 0.3) is 0 Å². The minimum Gasteiger partial charge on any atom is -0.469 e. The number of rotatable bonds is 4. The van der Waals surface area contributed by atoms with Crippen LogP contribution < -0.4 is 5.32 Å². The molecule has 3 nitrogen and oxygen atoms in total. The number of carbonyl (C=O) groups excluding carboxylic acids is 1. The van der Waals surface area contributed by atoms with Crippen LogP contribution in [0.2, 0.25) is 0 Å². The van der Waals surface area contributed by atoms with E-state index in [4.69, 9.17) is 4.74 Å². The monoisotopic (exact) mass is 281 g/mol. The predicted molar refractivity (Wildman–Crippen MR) is 83.4 cm³/mol. The lowest BCUT2D eigenvalue weighted by molar-refractivity contribution is -0.139. The van der Waals surface area contributed by atoms with Crippen LogP contribution in [0.15, 0.2) is 48.5 Å². The number of para-hydroxylation sites is 1. The summed E-state index contributed by atoms with van der Waals surface area (Å²) in [6, 6.07) is 16.9. The van der Waals surface area contributed by atoms with Crippen molar-refractivity contribution in [1.29, 1.82) is 0 Å². The molecule has 2 aromatic carbocycles. The van der Waals surface area contributed by atoms with Crippen LogP contribution in [-0.2, 0) is 28.8 Å². The second kappa shape index (κ2) is 6.00. The van der Waals surface area contributed by atoms with Gasteiger partial charge in [0.15, 0.2) is 0 Å². The van der Waals surface area contributed by atoms with Crippen LogP contribution in [0.4, 0.5) is 5.69 Å². The number of ether oxygens (including phenoxy) is 1. The van der Waals surface area contributed by atoms with Crippen LogP contribution in [0.25, 0.3) is 0 Å². The van der Waals surface area contributed by atoms with Crippen molar-refractivity contribution in [3.05, 3.63) is 65.2 Å². The smallest absolute Gasteiger partial charge is 0.310 e. The first-order chi connectivity index (χ1) is 10.3. The van der Waals surface area contributed by atoms with Crippen LogP contribution in [0.5, 0.6) is 0 Å². The lowest BCUT2D eigenvalue weighted by Gasteiger charge is -2.16. The van der Waals surface area contributed by atoms with Gasteiger partial charge >= 0.3 is 5.97 Å². The Morgan fingerprint density at radius 1 is 1.10 bits per heavy atom. The second-order valence-electron chi connectivity index (χ2n) is 5.43. The van der Waals surface area contributed by atoms with Crippen LogP contribution >= 0.6 is 0 Å². The van der Waals surface area contributed by atoms with Gasteiger partial charge in [-0.05, 0) is 35.6 Å². The van der Waals surface area contributed by atoms with Crippen molar-refractivity contribution in [2.24, 2.45) is 0 Å². The molecule has 2 aromatic rings. The highest BCUT2D eigenvalue weighted by Gasteiger charge is 2.21. The van der Waals surface area contributed by atoms with Crippen molar-refractivity contribution in [2.45, 2.75) is 25.3 Å². The average Bonchev–Trinajstić information content (AvgIpc) is 2.91. The quantitative estimate of drug-likeness (QED) is 0.876. The molecule has 0 spiro atoms. The molecule has 0 aliphatic heterocycles. The first-order valence-electron chi connectivity index (χ1n) is 7.24. The SMILES string of the molecule is COC(=O)Cc1ccccc1NC1Cc2ccccc2C1. The highest BCUT2D eigenvalue weighted by molar-refractivity contribution is 5.75. The third-order valence-corrected chi connectivity index (χ3v) is 3.99. The van der Waals surface area contributed by atoms with Gasteiger partial charge < -0.3 is 10.1 Å². The fourth-order valence-corrected chi connectivity index (χ4v) is 2.92. The van der Waals surface area contributed by atoms with Crippen molar-refractivity contribution in [3.63, 3.8) is 0 Å². The van der Waals surface area contributed by atoms with Crippen molar-refractivity contribution in [1.82, 2.24) is 0 Å². The molecule has 0 unspecified atom stereocenters. The second-order valence-corrected chi connectivity index (χ2v) is 5.43. The number of esters is 1. The zero-order valence-electron chi connectivity index (χ0n) is 12.1. The van der Waals surface area contributed by atoms with Crippen LogP contribution in [0.3, 0.4) is 0 Å². The fourth-order valence-electron chi connectivity index (χ4n) is 2.92. The van der Waals surface area contributed by atoms with E-state index in [-0.39, 0.29) is 5.97 Å². The minimum atomic E-state index is -0.209. The third kappa shape index (κ3) is 3.07. The number of carbonyl (C=O) groups is 1. The number of hydrogen-bond donors (Lipinski definition) is 1. The Labute approximate surface area is 124 Å². The zero-order chi connectivity index (χ0) is 14.7. The molecular formula is C18H19NO2. The Balaban J connectivity index is 1.73. The molecule has 1 N–H and O–H groups in total. The number of methoxy groups -OCH3 is 1. The first kappa shape index (κ1) is 13.7. The van der Waals surface area contributed by atoms with Gasteiger partial charge in [0, 0.05) is 11.7 Å². The van der Waals surface area contributed by atoms with Gasteiger partial charge in [0.05, 0.1) is 13.5 Å². The highest BCUT2D eigenvalue weighted by Crippen LogP contribution is 2.26. The molecule has 0 atom stereocenters. The summed E-state index contributed by atoms with van der Waals surface area (Å²) >= 11 is 0. The summed E-state index contributed by atoms with van der Waals surface area (Å²) in [5.74, 6) is -0.209. The Morgan fingerprint density at radius 2 is 1.71 bits per heavy atom. The van der Waals surface area contributed by atoms with Gasteiger partial charge in [0.1, 0.15) is 0 Å². The van der Waals surface area contributed by atoms with Crippen molar-refractivity contribution >= 4 is 11.7 Å². The van der Waals surface area contributed by atoms with E-state index < -0.39 is 0 Å². The molecule has 0 heterocycles. The standard InChI is InChI=1S/C18H19NO2/c1-21-18(20)12-15-8-4-5-9-17(15)19-16-10-13-6-2-3-7-14(13)11-16/h2-9,16,19H,10-12H2,1H3. The van der Waals surface area contributed by atoms with E-state index in [9.17, 15) is 4.79 Å². The zero-order valence-corrected chi connectivity index (χ0v) is 12.1. The topological polar surface area (TPSA) is 38.3 Å². The first-order valence-corrected chi connectivity index (χ1v) is 7.24. The van der Waals surface area contributed by atoms with E-state index in [0.29, 0.717) is 12.5 Å². The van der Waals surface area contributed by atoms with Gasteiger partial charge in [-0.15, -0.1) is 0 Å². The van der Waals surface area contributed by atoms with E-state index in [1.54, 1.807) is 0 Å². The lowest BCUT2D eigenvalue weighted by atomic mass is 10.1. The molecule has 0 saturated heterocycles. The normalized spacial score (nSPS) is 13.8. The largest absolute Gasteiger partial charge is 0.469 e. The van der Waals surface area contributed by atoms with Gasteiger partial charge in [-0.2, -0.15) is 0 Å². The summed E-state index contributed by atoms with van der Waals surface area (Å²) in [5.41, 5.74) is 4.85. The average molecular weight is 281 g/mol. The molecule has 108 valence electrons. The van der Waals surface area contributed by atoms with E-state index in [0.717, 1.165) is 24.1 Å².